The Morgan fingerprint density at radius 1 is 1.36 bits per heavy atom. The molecule has 0 saturated heterocycles. The molecule has 1 aromatic carbocycles. The van der Waals surface area contributed by atoms with E-state index in [9.17, 15) is 0 Å². The zero-order chi connectivity index (χ0) is 9.97. The zero-order valence-electron chi connectivity index (χ0n) is 8.45. The molecule has 1 atom stereocenters. The smallest absolute Gasteiger partial charge is 0.128 e. The van der Waals surface area contributed by atoms with Gasteiger partial charge in [0.2, 0.25) is 0 Å². The molecule has 0 aliphatic carbocycles. The number of hydrogen-bond donors (Lipinski definition) is 0. The second kappa shape index (κ2) is 3.88. The zero-order valence-corrected chi connectivity index (χ0v) is 8.45. The predicted molar refractivity (Wildman–Crippen MR) is 52.9 cm³/mol. The fraction of sp³-hybridized carbons (Fsp3) is 0.455. The highest BCUT2D eigenvalue weighted by atomic mass is 16.5. The molecule has 0 saturated carbocycles. The molecule has 76 valence electrons. The fourth-order valence-corrected chi connectivity index (χ4v) is 1.80. The number of rotatable bonds is 2. The second-order valence-electron chi connectivity index (χ2n) is 3.23. The third kappa shape index (κ3) is 1.44. The topological polar surface area (TPSA) is 27.7 Å². The molecular weight excluding hydrogens is 180 g/mol. The monoisotopic (exact) mass is 194 g/mol. The first-order valence-corrected chi connectivity index (χ1v) is 4.69. The van der Waals surface area contributed by atoms with E-state index in [-0.39, 0.29) is 6.10 Å². The largest absolute Gasteiger partial charge is 0.496 e. The Labute approximate surface area is 83.6 Å². The highest BCUT2D eigenvalue weighted by molar-refractivity contribution is 5.47. The third-order valence-electron chi connectivity index (χ3n) is 2.49. The van der Waals surface area contributed by atoms with Gasteiger partial charge in [0.1, 0.15) is 11.5 Å². The summed E-state index contributed by atoms with van der Waals surface area (Å²) >= 11 is 0. The van der Waals surface area contributed by atoms with E-state index in [1.54, 1.807) is 14.2 Å². The molecule has 0 bridgehead atoms. The lowest BCUT2D eigenvalue weighted by Crippen LogP contribution is -2.16. The van der Waals surface area contributed by atoms with Crippen molar-refractivity contribution in [2.45, 2.75) is 12.5 Å². The van der Waals surface area contributed by atoms with Crippen molar-refractivity contribution in [3.8, 4) is 11.5 Å². The quantitative estimate of drug-likeness (QED) is 0.722. The van der Waals surface area contributed by atoms with E-state index in [4.69, 9.17) is 14.2 Å². The molecule has 3 nitrogen and oxygen atoms in total. The van der Waals surface area contributed by atoms with Crippen LogP contribution >= 0.6 is 0 Å². The maximum absolute atomic E-state index is 5.54. The standard InChI is InChI=1S/C11H14O3/c1-12-8-4-3-5-10-11(8)9(13-2)6-7-14-10/h3-5,9H,6-7H2,1-2H3. The Hall–Kier alpha value is -1.22. The lowest BCUT2D eigenvalue weighted by Gasteiger charge is -2.26. The first-order chi connectivity index (χ1) is 6.86. The van der Waals surface area contributed by atoms with Crippen LogP contribution in [0, 0.1) is 0 Å². The summed E-state index contributed by atoms with van der Waals surface area (Å²) in [6, 6.07) is 5.80. The summed E-state index contributed by atoms with van der Waals surface area (Å²) < 4.78 is 16.2. The van der Waals surface area contributed by atoms with Crippen LogP contribution in [0.2, 0.25) is 0 Å². The van der Waals surface area contributed by atoms with Crippen molar-refractivity contribution >= 4 is 0 Å². The molecular formula is C11H14O3. The maximum Gasteiger partial charge on any atom is 0.128 e. The third-order valence-corrected chi connectivity index (χ3v) is 2.49. The molecule has 1 aromatic rings. The van der Waals surface area contributed by atoms with Crippen LogP contribution in [0.3, 0.4) is 0 Å². The van der Waals surface area contributed by atoms with E-state index < -0.39 is 0 Å². The number of benzene rings is 1. The van der Waals surface area contributed by atoms with Gasteiger partial charge in [0.15, 0.2) is 0 Å². The van der Waals surface area contributed by atoms with Gasteiger partial charge in [-0.2, -0.15) is 0 Å². The lowest BCUT2D eigenvalue weighted by atomic mass is 10.0. The van der Waals surface area contributed by atoms with E-state index in [1.807, 2.05) is 18.2 Å². The Bertz CT molecular complexity index is 308. The summed E-state index contributed by atoms with van der Waals surface area (Å²) in [5.41, 5.74) is 1.03. The molecule has 3 heteroatoms. The number of ether oxygens (including phenoxy) is 3. The molecule has 1 heterocycles. The Morgan fingerprint density at radius 3 is 2.93 bits per heavy atom. The molecule has 2 rings (SSSR count). The van der Waals surface area contributed by atoms with Crippen LogP contribution in [0.4, 0.5) is 0 Å². The van der Waals surface area contributed by atoms with E-state index in [0.717, 1.165) is 23.5 Å². The summed E-state index contributed by atoms with van der Waals surface area (Å²) in [6.07, 6.45) is 0.971. The van der Waals surface area contributed by atoms with Crippen molar-refractivity contribution in [3.05, 3.63) is 23.8 Å². The average Bonchev–Trinajstić information content (AvgIpc) is 2.27. The molecule has 0 amide bonds. The first kappa shape index (κ1) is 9.34. The minimum atomic E-state index is 0.0925. The van der Waals surface area contributed by atoms with Crippen molar-refractivity contribution in [1.82, 2.24) is 0 Å². The van der Waals surface area contributed by atoms with Gasteiger partial charge in [-0.3, -0.25) is 0 Å². The van der Waals surface area contributed by atoms with E-state index >= 15 is 0 Å². The van der Waals surface area contributed by atoms with Gasteiger partial charge in [-0.15, -0.1) is 0 Å². The van der Waals surface area contributed by atoms with Crippen LogP contribution in [0.5, 0.6) is 11.5 Å². The summed E-state index contributed by atoms with van der Waals surface area (Å²) in [5.74, 6) is 1.72. The van der Waals surface area contributed by atoms with Gasteiger partial charge in [0.25, 0.3) is 0 Å². The van der Waals surface area contributed by atoms with Gasteiger partial charge < -0.3 is 14.2 Å². The van der Waals surface area contributed by atoms with E-state index in [0.29, 0.717) is 6.61 Å². The maximum atomic E-state index is 5.54. The summed E-state index contributed by atoms with van der Waals surface area (Å²) in [4.78, 5) is 0. The summed E-state index contributed by atoms with van der Waals surface area (Å²) in [6.45, 7) is 0.707. The van der Waals surface area contributed by atoms with Crippen LogP contribution in [0.15, 0.2) is 18.2 Å². The van der Waals surface area contributed by atoms with Crippen molar-refractivity contribution in [2.24, 2.45) is 0 Å². The molecule has 0 spiro atoms. The van der Waals surface area contributed by atoms with E-state index in [1.165, 1.54) is 0 Å². The van der Waals surface area contributed by atoms with Gasteiger partial charge in [-0.05, 0) is 12.1 Å². The Kier molecular flexibility index (Phi) is 2.59. The van der Waals surface area contributed by atoms with Crippen molar-refractivity contribution in [3.63, 3.8) is 0 Å². The van der Waals surface area contributed by atoms with Gasteiger partial charge >= 0.3 is 0 Å². The van der Waals surface area contributed by atoms with Gasteiger partial charge in [0, 0.05) is 13.5 Å². The molecule has 0 aromatic heterocycles. The van der Waals surface area contributed by atoms with E-state index in [2.05, 4.69) is 0 Å². The minimum absolute atomic E-state index is 0.0925. The minimum Gasteiger partial charge on any atom is -0.496 e. The molecule has 14 heavy (non-hydrogen) atoms. The fourth-order valence-electron chi connectivity index (χ4n) is 1.80. The highest BCUT2D eigenvalue weighted by Crippen LogP contribution is 2.40. The van der Waals surface area contributed by atoms with Crippen LogP contribution in [0.1, 0.15) is 18.1 Å². The van der Waals surface area contributed by atoms with Crippen molar-refractivity contribution in [2.75, 3.05) is 20.8 Å². The Balaban J connectivity index is 2.46. The second-order valence-corrected chi connectivity index (χ2v) is 3.23. The molecule has 1 aliphatic rings. The molecule has 1 aliphatic heterocycles. The average molecular weight is 194 g/mol. The number of fused-ring (bicyclic) bond motifs is 1. The SMILES string of the molecule is COc1cccc2c1C(OC)CCO2. The number of hydrogen-bond acceptors (Lipinski definition) is 3. The highest BCUT2D eigenvalue weighted by Gasteiger charge is 2.24. The molecule has 0 N–H and O–H groups in total. The molecule has 0 radical (unpaired) electrons. The number of methoxy groups -OCH3 is 2. The van der Waals surface area contributed by atoms with Gasteiger partial charge in [-0.1, -0.05) is 6.07 Å². The predicted octanol–water partition coefficient (Wildman–Crippen LogP) is 2.17. The van der Waals surface area contributed by atoms with Crippen LogP contribution in [-0.4, -0.2) is 20.8 Å². The van der Waals surface area contributed by atoms with Crippen LogP contribution < -0.4 is 9.47 Å². The van der Waals surface area contributed by atoms with Crippen molar-refractivity contribution in [1.29, 1.82) is 0 Å². The van der Waals surface area contributed by atoms with Crippen molar-refractivity contribution < 1.29 is 14.2 Å². The molecule has 0 fully saturated rings. The van der Waals surface area contributed by atoms with Gasteiger partial charge in [-0.25, -0.2) is 0 Å². The van der Waals surface area contributed by atoms with Gasteiger partial charge in [0.05, 0.1) is 25.4 Å². The normalized spacial score (nSPS) is 19.7. The van der Waals surface area contributed by atoms with Crippen LogP contribution in [-0.2, 0) is 4.74 Å². The first-order valence-electron chi connectivity index (χ1n) is 4.69. The Morgan fingerprint density at radius 2 is 2.21 bits per heavy atom. The lowest BCUT2D eigenvalue weighted by molar-refractivity contribution is 0.0612. The molecule has 1 unspecified atom stereocenters. The summed E-state index contributed by atoms with van der Waals surface area (Å²) in [5, 5.41) is 0. The van der Waals surface area contributed by atoms with Crippen LogP contribution in [0.25, 0.3) is 0 Å². The summed E-state index contributed by atoms with van der Waals surface area (Å²) in [7, 11) is 3.38.